The van der Waals surface area contributed by atoms with Crippen LogP contribution < -0.4 is 0 Å². The zero-order chi connectivity index (χ0) is 22.9. The molecule has 2 heterocycles. The van der Waals surface area contributed by atoms with Gasteiger partial charge in [0.1, 0.15) is 0 Å². The fourth-order valence-corrected chi connectivity index (χ4v) is 4.35. The summed E-state index contributed by atoms with van der Waals surface area (Å²) in [4.78, 5) is 21.6. The zero-order valence-electron chi connectivity index (χ0n) is 18.4. The molecule has 1 aliphatic heterocycles. The van der Waals surface area contributed by atoms with E-state index in [2.05, 4.69) is 15.0 Å². The normalized spacial score (nSPS) is 16.2. The Morgan fingerprint density at radius 2 is 1.62 bits per heavy atom. The SMILES string of the molecule is Cc1ccc(-c2noc(C(C)N3CCN(C(=O)c4ccc(S(C)(=O)=O)cc4)CC3)n2)cc1. The molecule has 1 unspecified atom stereocenters. The highest BCUT2D eigenvalue weighted by molar-refractivity contribution is 7.90. The first kappa shape index (κ1) is 22.2. The van der Waals surface area contributed by atoms with Crippen molar-refractivity contribution in [3.05, 3.63) is 65.5 Å². The summed E-state index contributed by atoms with van der Waals surface area (Å²) in [5, 5.41) is 4.12. The average molecular weight is 455 g/mol. The van der Waals surface area contributed by atoms with Crippen LogP contribution in [0.1, 0.15) is 34.8 Å². The largest absolute Gasteiger partial charge is 0.337 e. The van der Waals surface area contributed by atoms with Crippen molar-refractivity contribution in [3.8, 4) is 11.4 Å². The lowest BCUT2D eigenvalue weighted by molar-refractivity contribution is 0.0551. The fraction of sp³-hybridized carbons (Fsp3) is 0.348. The molecule has 4 rings (SSSR count). The Labute approximate surface area is 187 Å². The molecular formula is C23H26N4O4S. The fourth-order valence-electron chi connectivity index (χ4n) is 3.72. The van der Waals surface area contributed by atoms with E-state index < -0.39 is 9.84 Å². The third-order valence-electron chi connectivity index (χ3n) is 5.79. The maximum atomic E-state index is 12.8. The van der Waals surface area contributed by atoms with Crippen molar-refractivity contribution in [2.75, 3.05) is 32.4 Å². The van der Waals surface area contributed by atoms with E-state index in [1.807, 2.05) is 38.1 Å². The topological polar surface area (TPSA) is 96.6 Å². The molecule has 1 saturated heterocycles. The van der Waals surface area contributed by atoms with Gasteiger partial charge in [-0.3, -0.25) is 9.69 Å². The monoisotopic (exact) mass is 454 g/mol. The highest BCUT2D eigenvalue weighted by atomic mass is 32.2. The molecule has 1 atom stereocenters. The molecule has 0 N–H and O–H groups in total. The molecule has 0 spiro atoms. The molecule has 1 aliphatic rings. The molecule has 32 heavy (non-hydrogen) atoms. The summed E-state index contributed by atoms with van der Waals surface area (Å²) in [6.07, 6.45) is 1.15. The van der Waals surface area contributed by atoms with E-state index in [-0.39, 0.29) is 16.8 Å². The lowest BCUT2D eigenvalue weighted by atomic mass is 10.1. The Balaban J connectivity index is 1.37. The number of carbonyl (C=O) groups excluding carboxylic acids is 1. The second kappa shape index (κ2) is 8.84. The van der Waals surface area contributed by atoms with Gasteiger partial charge in [-0.15, -0.1) is 0 Å². The number of amides is 1. The summed E-state index contributed by atoms with van der Waals surface area (Å²) in [6, 6.07) is 14.0. The van der Waals surface area contributed by atoms with Gasteiger partial charge in [0.05, 0.1) is 10.9 Å². The van der Waals surface area contributed by atoms with Gasteiger partial charge in [-0.1, -0.05) is 35.0 Å². The maximum absolute atomic E-state index is 12.8. The predicted octanol–water partition coefficient (Wildman–Crippen LogP) is 2.97. The van der Waals surface area contributed by atoms with Crippen LogP contribution in [0.15, 0.2) is 57.9 Å². The number of rotatable bonds is 5. The molecule has 3 aromatic rings. The van der Waals surface area contributed by atoms with Gasteiger partial charge in [0.2, 0.25) is 11.7 Å². The smallest absolute Gasteiger partial charge is 0.253 e. The zero-order valence-corrected chi connectivity index (χ0v) is 19.2. The van der Waals surface area contributed by atoms with Crippen LogP contribution in [0, 0.1) is 6.92 Å². The summed E-state index contributed by atoms with van der Waals surface area (Å²) in [7, 11) is -3.28. The van der Waals surface area contributed by atoms with E-state index >= 15 is 0 Å². The third-order valence-corrected chi connectivity index (χ3v) is 6.92. The van der Waals surface area contributed by atoms with E-state index in [0.717, 1.165) is 11.8 Å². The van der Waals surface area contributed by atoms with E-state index in [1.54, 1.807) is 17.0 Å². The number of hydrogen-bond acceptors (Lipinski definition) is 7. The van der Waals surface area contributed by atoms with E-state index in [9.17, 15) is 13.2 Å². The van der Waals surface area contributed by atoms with Gasteiger partial charge in [0.15, 0.2) is 9.84 Å². The standard InChI is InChI=1S/C23H26N4O4S/c1-16-4-6-18(7-5-16)21-24-22(31-25-21)17(2)26-12-14-27(15-13-26)23(28)19-8-10-20(11-9-19)32(3,29)30/h4-11,17H,12-15H2,1-3H3. The number of carbonyl (C=O) groups is 1. The summed E-state index contributed by atoms with van der Waals surface area (Å²) in [5.41, 5.74) is 2.57. The molecule has 1 fully saturated rings. The molecule has 1 aromatic heterocycles. The predicted molar refractivity (Wildman–Crippen MR) is 120 cm³/mol. The number of aromatic nitrogens is 2. The lowest BCUT2D eigenvalue weighted by Crippen LogP contribution is -2.49. The highest BCUT2D eigenvalue weighted by Gasteiger charge is 2.28. The Morgan fingerprint density at radius 3 is 2.22 bits per heavy atom. The average Bonchev–Trinajstić information content (AvgIpc) is 3.28. The molecule has 0 radical (unpaired) electrons. The molecule has 168 valence electrons. The van der Waals surface area contributed by atoms with Gasteiger partial charge < -0.3 is 9.42 Å². The van der Waals surface area contributed by atoms with Crippen molar-refractivity contribution >= 4 is 15.7 Å². The van der Waals surface area contributed by atoms with Crippen molar-refractivity contribution in [3.63, 3.8) is 0 Å². The summed E-state index contributed by atoms with van der Waals surface area (Å²) < 4.78 is 28.7. The van der Waals surface area contributed by atoms with E-state index in [4.69, 9.17) is 4.52 Å². The van der Waals surface area contributed by atoms with Crippen LogP contribution >= 0.6 is 0 Å². The van der Waals surface area contributed by atoms with Crippen LogP contribution in [-0.2, 0) is 9.84 Å². The molecular weight excluding hydrogens is 428 g/mol. The van der Waals surface area contributed by atoms with Gasteiger partial charge in [0.25, 0.3) is 5.91 Å². The first-order valence-corrected chi connectivity index (χ1v) is 12.4. The highest BCUT2D eigenvalue weighted by Crippen LogP contribution is 2.24. The first-order valence-electron chi connectivity index (χ1n) is 10.5. The molecule has 0 aliphatic carbocycles. The Kier molecular flexibility index (Phi) is 6.12. The number of aryl methyl sites for hydroxylation is 1. The number of hydrogen-bond donors (Lipinski definition) is 0. The summed E-state index contributed by atoms with van der Waals surface area (Å²) >= 11 is 0. The first-order chi connectivity index (χ1) is 15.2. The maximum Gasteiger partial charge on any atom is 0.253 e. The van der Waals surface area contributed by atoms with Crippen LogP contribution in [0.4, 0.5) is 0 Å². The van der Waals surface area contributed by atoms with Crippen LogP contribution in [0.25, 0.3) is 11.4 Å². The van der Waals surface area contributed by atoms with E-state index in [0.29, 0.717) is 43.5 Å². The van der Waals surface area contributed by atoms with Crippen molar-refractivity contribution < 1.29 is 17.7 Å². The number of sulfone groups is 1. The Hall–Kier alpha value is -3.04. The van der Waals surface area contributed by atoms with Crippen molar-refractivity contribution in [1.82, 2.24) is 19.9 Å². The van der Waals surface area contributed by atoms with E-state index in [1.165, 1.54) is 17.7 Å². The Morgan fingerprint density at radius 1 is 1.00 bits per heavy atom. The van der Waals surface area contributed by atoms with Gasteiger partial charge in [-0.2, -0.15) is 4.98 Å². The summed E-state index contributed by atoms with van der Waals surface area (Å²) in [6.45, 7) is 6.54. The van der Waals surface area contributed by atoms with Crippen LogP contribution in [0.2, 0.25) is 0 Å². The van der Waals surface area contributed by atoms with Gasteiger partial charge >= 0.3 is 0 Å². The number of piperazine rings is 1. The Bertz CT molecular complexity index is 1200. The molecule has 1 amide bonds. The van der Waals surface area contributed by atoms with Crippen molar-refractivity contribution in [1.29, 1.82) is 0 Å². The van der Waals surface area contributed by atoms with Crippen molar-refractivity contribution in [2.24, 2.45) is 0 Å². The second-order valence-electron chi connectivity index (χ2n) is 8.12. The second-order valence-corrected chi connectivity index (χ2v) is 10.1. The molecule has 9 heteroatoms. The lowest BCUT2D eigenvalue weighted by Gasteiger charge is -2.36. The molecule has 2 aromatic carbocycles. The van der Waals surface area contributed by atoms with Crippen molar-refractivity contribution in [2.45, 2.75) is 24.8 Å². The van der Waals surface area contributed by atoms with Crippen LogP contribution in [-0.4, -0.2) is 66.7 Å². The minimum Gasteiger partial charge on any atom is -0.337 e. The van der Waals surface area contributed by atoms with Gasteiger partial charge in [0, 0.05) is 43.6 Å². The minimum atomic E-state index is -3.28. The van der Waals surface area contributed by atoms with Crippen LogP contribution in [0.3, 0.4) is 0 Å². The number of benzene rings is 2. The van der Waals surface area contributed by atoms with Gasteiger partial charge in [-0.25, -0.2) is 8.42 Å². The summed E-state index contributed by atoms with van der Waals surface area (Å²) in [5.74, 6) is 1.02. The van der Waals surface area contributed by atoms with Crippen LogP contribution in [0.5, 0.6) is 0 Å². The number of nitrogens with zero attached hydrogens (tertiary/aromatic N) is 4. The minimum absolute atomic E-state index is 0.0620. The molecule has 0 bridgehead atoms. The molecule has 0 saturated carbocycles. The third kappa shape index (κ3) is 4.73. The molecule has 8 nitrogen and oxygen atoms in total. The van der Waals surface area contributed by atoms with Gasteiger partial charge in [-0.05, 0) is 38.1 Å². The quantitative estimate of drug-likeness (QED) is 0.585.